The number of nitrogens with zero attached hydrogens (tertiary/aromatic N) is 1. The number of hydrogen-bond acceptors (Lipinski definition) is 2. The first kappa shape index (κ1) is 10.2. The van der Waals surface area contributed by atoms with Gasteiger partial charge in [0.1, 0.15) is 5.15 Å². The molecular formula is C10H12ClNO. The number of aldehydes is 1. The van der Waals surface area contributed by atoms with Crippen molar-refractivity contribution in [3.8, 4) is 0 Å². The van der Waals surface area contributed by atoms with Gasteiger partial charge >= 0.3 is 0 Å². The van der Waals surface area contributed by atoms with Gasteiger partial charge in [0.05, 0.1) is 5.56 Å². The standard InChI is InChI=1S/C10H12ClNO/c1-7(2)3-8-4-9(6-13)10(11)12-5-8/h4-7H,3H2,1-2H3. The topological polar surface area (TPSA) is 30.0 Å². The Balaban J connectivity index is 2.92. The minimum Gasteiger partial charge on any atom is -0.298 e. The number of halogens is 1. The monoisotopic (exact) mass is 197 g/mol. The molecule has 0 aliphatic heterocycles. The van der Waals surface area contributed by atoms with Crippen molar-refractivity contribution in [2.24, 2.45) is 5.92 Å². The molecule has 0 aliphatic carbocycles. The number of aromatic nitrogens is 1. The molecule has 1 aromatic rings. The lowest BCUT2D eigenvalue weighted by Crippen LogP contribution is -1.97. The van der Waals surface area contributed by atoms with Gasteiger partial charge in [0.15, 0.2) is 6.29 Å². The molecule has 0 saturated carbocycles. The molecule has 1 rings (SSSR count). The van der Waals surface area contributed by atoms with Crippen molar-refractivity contribution in [1.29, 1.82) is 0 Å². The molecule has 3 heteroatoms. The van der Waals surface area contributed by atoms with Crippen molar-refractivity contribution in [1.82, 2.24) is 4.98 Å². The smallest absolute Gasteiger partial charge is 0.153 e. The zero-order valence-corrected chi connectivity index (χ0v) is 8.51. The summed E-state index contributed by atoms with van der Waals surface area (Å²) in [5, 5.41) is 0.280. The third kappa shape index (κ3) is 2.81. The third-order valence-corrected chi connectivity index (χ3v) is 2.01. The molecule has 0 amide bonds. The van der Waals surface area contributed by atoms with E-state index in [0.717, 1.165) is 18.3 Å². The van der Waals surface area contributed by atoms with E-state index in [4.69, 9.17) is 11.6 Å². The van der Waals surface area contributed by atoms with Crippen molar-refractivity contribution < 1.29 is 4.79 Å². The molecule has 0 N–H and O–H groups in total. The normalized spacial score (nSPS) is 10.5. The van der Waals surface area contributed by atoms with Gasteiger partial charge in [-0.2, -0.15) is 0 Å². The van der Waals surface area contributed by atoms with Crippen LogP contribution in [0, 0.1) is 5.92 Å². The zero-order chi connectivity index (χ0) is 9.84. The second kappa shape index (κ2) is 4.38. The fraction of sp³-hybridized carbons (Fsp3) is 0.400. The molecule has 2 nitrogen and oxygen atoms in total. The molecule has 0 atom stereocenters. The van der Waals surface area contributed by atoms with E-state index in [1.807, 2.05) is 0 Å². The van der Waals surface area contributed by atoms with Gasteiger partial charge in [-0.3, -0.25) is 4.79 Å². The number of carbonyl (C=O) groups excluding carboxylic acids is 1. The van der Waals surface area contributed by atoms with Crippen molar-refractivity contribution in [2.45, 2.75) is 20.3 Å². The van der Waals surface area contributed by atoms with Crippen molar-refractivity contribution in [3.63, 3.8) is 0 Å². The molecule has 0 fully saturated rings. The minimum absolute atomic E-state index is 0.280. The average Bonchev–Trinajstić information content (AvgIpc) is 2.07. The average molecular weight is 198 g/mol. The van der Waals surface area contributed by atoms with Gasteiger partial charge in [-0.15, -0.1) is 0 Å². The summed E-state index contributed by atoms with van der Waals surface area (Å²) in [5.74, 6) is 0.558. The Morgan fingerprint density at radius 2 is 2.31 bits per heavy atom. The summed E-state index contributed by atoms with van der Waals surface area (Å²) in [6.45, 7) is 4.24. The Labute approximate surface area is 82.9 Å². The van der Waals surface area contributed by atoms with Crippen LogP contribution in [0.4, 0.5) is 0 Å². The van der Waals surface area contributed by atoms with Crippen LogP contribution in [0.25, 0.3) is 0 Å². The van der Waals surface area contributed by atoms with Crippen molar-refractivity contribution >= 4 is 17.9 Å². The lowest BCUT2D eigenvalue weighted by molar-refractivity contribution is 0.112. The van der Waals surface area contributed by atoms with Crippen LogP contribution >= 0.6 is 11.6 Å². The van der Waals surface area contributed by atoms with Crippen molar-refractivity contribution in [3.05, 3.63) is 28.5 Å². The highest BCUT2D eigenvalue weighted by atomic mass is 35.5. The van der Waals surface area contributed by atoms with Crippen LogP contribution in [0.3, 0.4) is 0 Å². The van der Waals surface area contributed by atoms with E-state index in [0.29, 0.717) is 11.5 Å². The second-order valence-corrected chi connectivity index (χ2v) is 3.80. The molecule has 0 bridgehead atoms. The van der Waals surface area contributed by atoms with Crippen LogP contribution in [0.15, 0.2) is 12.3 Å². The third-order valence-electron chi connectivity index (χ3n) is 1.69. The van der Waals surface area contributed by atoms with Crippen LogP contribution in [0.1, 0.15) is 29.8 Å². The maximum Gasteiger partial charge on any atom is 0.153 e. The summed E-state index contributed by atoms with van der Waals surface area (Å²) in [4.78, 5) is 14.5. The number of rotatable bonds is 3. The van der Waals surface area contributed by atoms with Crippen LogP contribution in [-0.2, 0) is 6.42 Å². The summed E-state index contributed by atoms with van der Waals surface area (Å²) < 4.78 is 0. The van der Waals surface area contributed by atoms with Crippen LogP contribution in [0.2, 0.25) is 5.15 Å². The van der Waals surface area contributed by atoms with Crippen LogP contribution < -0.4 is 0 Å². The predicted octanol–water partition coefficient (Wildman–Crippen LogP) is 2.75. The maximum atomic E-state index is 10.5. The number of carbonyl (C=O) groups is 1. The fourth-order valence-corrected chi connectivity index (χ4v) is 1.32. The molecule has 13 heavy (non-hydrogen) atoms. The highest BCUT2D eigenvalue weighted by Crippen LogP contribution is 2.14. The van der Waals surface area contributed by atoms with E-state index in [9.17, 15) is 4.79 Å². The molecule has 0 radical (unpaired) electrons. The quantitative estimate of drug-likeness (QED) is 0.551. The van der Waals surface area contributed by atoms with E-state index in [1.54, 1.807) is 12.3 Å². The zero-order valence-electron chi connectivity index (χ0n) is 7.75. The van der Waals surface area contributed by atoms with Gasteiger partial charge in [-0.1, -0.05) is 25.4 Å². The van der Waals surface area contributed by atoms with Gasteiger partial charge in [0.25, 0.3) is 0 Å². The van der Waals surface area contributed by atoms with Gasteiger partial charge in [0, 0.05) is 6.20 Å². The van der Waals surface area contributed by atoms with Gasteiger partial charge < -0.3 is 0 Å². The van der Waals surface area contributed by atoms with Gasteiger partial charge in [-0.25, -0.2) is 4.98 Å². The first-order valence-electron chi connectivity index (χ1n) is 4.23. The van der Waals surface area contributed by atoms with E-state index >= 15 is 0 Å². The maximum absolute atomic E-state index is 10.5. The van der Waals surface area contributed by atoms with Crippen LogP contribution in [-0.4, -0.2) is 11.3 Å². The van der Waals surface area contributed by atoms with Crippen LogP contribution in [0.5, 0.6) is 0 Å². The molecule has 0 aliphatic rings. The minimum atomic E-state index is 0.280. The molecule has 70 valence electrons. The highest BCUT2D eigenvalue weighted by Gasteiger charge is 2.03. The van der Waals surface area contributed by atoms with Gasteiger partial charge in [0.2, 0.25) is 0 Å². The Hall–Kier alpha value is -0.890. The fourth-order valence-electron chi connectivity index (χ4n) is 1.18. The summed E-state index contributed by atoms with van der Waals surface area (Å²) >= 11 is 5.69. The number of pyridine rings is 1. The summed E-state index contributed by atoms with van der Waals surface area (Å²) in [6.07, 6.45) is 3.37. The van der Waals surface area contributed by atoms with E-state index in [1.165, 1.54) is 0 Å². The molecule has 0 aromatic carbocycles. The summed E-state index contributed by atoms with van der Waals surface area (Å²) in [5.41, 5.74) is 1.53. The lowest BCUT2D eigenvalue weighted by atomic mass is 10.0. The molecular weight excluding hydrogens is 186 g/mol. The number of hydrogen-bond donors (Lipinski definition) is 0. The lowest BCUT2D eigenvalue weighted by Gasteiger charge is -2.05. The van der Waals surface area contributed by atoms with Crippen molar-refractivity contribution in [2.75, 3.05) is 0 Å². The molecule has 0 saturated heterocycles. The Morgan fingerprint density at radius 3 is 2.85 bits per heavy atom. The molecule has 1 aromatic heterocycles. The van der Waals surface area contributed by atoms with E-state index < -0.39 is 0 Å². The summed E-state index contributed by atoms with van der Waals surface area (Å²) in [6, 6.07) is 1.79. The Morgan fingerprint density at radius 1 is 1.62 bits per heavy atom. The Kier molecular flexibility index (Phi) is 3.43. The molecule has 1 heterocycles. The Bertz CT molecular complexity index is 310. The summed E-state index contributed by atoms with van der Waals surface area (Å²) in [7, 11) is 0. The molecule has 0 unspecified atom stereocenters. The SMILES string of the molecule is CC(C)Cc1cnc(Cl)c(C=O)c1. The van der Waals surface area contributed by atoms with Gasteiger partial charge in [-0.05, 0) is 24.0 Å². The predicted molar refractivity (Wildman–Crippen MR) is 53.2 cm³/mol. The highest BCUT2D eigenvalue weighted by molar-refractivity contribution is 6.31. The first-order chi connectivity index (χ1) is 6.13. The van der Waals surface area contributed by atoms with E-state index in [2.05, 4.69) is 18.8 Å². The first-order valence-corrected chi connectivity index (χ1v) is 4.61. The largest absolute Gasteiger partial charge is 0.298 e. The van der Waals surface area contributed by atoms with E-state index in [-0.39, 0.29) is 5.15 Å². The molecule has 0 spiro atoms. The second-order valence-electron chi connectivity index (χ2n) is 3.44.